The van der Waals surface area contributed by atoms with Crippen LogP contribution in [0.5, 0.6) is 11.6 Å². The fourth-order valence-corrected chi connectivity index (χ4v) is 3.84. The van der Waals surface area contributed by atoms with Gasteiger partial charge >= 0.3 is 5.97 Å². The molecule has 0 saturated heterocycles. The van der Waals surface area contributed by atoms with E-state index in [4.69, 9.17) is 9.47 Å². The lowest BCUT2D eigenvalue weighted by Gasteiger charge is -2.23. The molecule has 0 N–H and O–H groups in total. The fourth-order valence-electron chi connectivity index (χ4n) is 3.84. The molecule has 0 aliphatic heterocycles. The van der Waals surface area contributed by atoms with Crippen LogP contribution in [0, 0.1) is 11.7 Å². The molecule has 0 saturated carbocycles. The molecule has 0 fully saturated rings. The summed E-state index contributed by atoms with van der Waals surface area (Å²) in [4.78, 5) is 17.7. The molecule has 1 heterocycles. The van der Waals surface area contributed by atoms with Gasteiger partial charge in [-0.3, -0.25) is 4.79 Å². The Balaban J connectivity index is 1.50. The first-order valence-corrected chi connectivity index (χ1v) is 11.0. The molecule has 0 radical (unpaired) electrons. The summed E-state index contributed by atoms with van der Waals surface area (Å²) in [5, 5.41) is 2.22. The highest BCUT2D eigenvalue weighted by Crippen LogP contribution is 2.31. The van der Waals surface area contributed by atoms with E-state index in [0.717, 1.165) is 16.3 Å². The van der Waals surface area contributed by atoms with Crippen LogP contribution in [0.4, 0.5) is 4.39 Å². The number of esters is 1. The lowest BCUT2D eigenvalue weighted by molar-refractivity contribution is -0.151. The number of benzene rings is 3. The van der Waals surface area contributed by atoms with Crippen LogP contribution in [-0.4, -0.2) is 11.0 Å². The van der Waals surface area contributed by atoms with Gasteiger partial charge in [-0.25, -0.2) is 9.37 Å². The second-order valence-electron chi connectivity index (χ2n) is 8.36. The molecule has 4 rings (SSSR count). The van der Waals surface area contributed by atoms with Gasteiger partial charge in [-0.2, -0.15) is 0 Å². The van der Waals surface area contributed by atoms with Crippen molar-refractivity contribution in [2.45, 2.75) is 32.8 Å². The molecule has 0 amide bonds. The number of ether oxygens (including phenoxy) is 2. The number of fused-ring (bicyclic) bond motifs is 1. The van der Waals surface area contributed by atoms with Crippen LogP contribution in [0.25, 0.3) is 10.8 Å². The van der Waals surface area contributed by atoms with Gasteiger partial charge in [0, 0.05) is 6.07 Å². The molecule has 3 aromatic carbocycles. The average Bonchev–Trinajstić information content (AvgIpc) is 2.80. The minimum absolute atomic E-state index is 0.0620. The Morgan fingerprint density at radius 2 is 1.58 bits per heavy atom. The standard InChI is InChI=1S/C28H26FNO3/c1-18(2)27(22-12-11-20-7-4-5-8-21(20)17-22)28(31)32-19(3)25-9-6-10-26(30-25)33-24-15-13-23(29)14-16-24/h4-19,27H,1-3H3. The van der Waals surface area contributed by atoms with Crippen molar-refractivity contribution < 1.29 is 18.7 Å². The largest absolute Gasteiger partial charge is 0.456 e. The minimum atomic E-state index is -0.559. The topological polar surface area (TPSA) is 48.4 Å². The summed E-state index contributed by atoms with van der Waals surface area (Å²) in [6.07, 6.45) is -0.559. The van der Waals surface area contributed by atoms with E-state index >= 15 is 0 Å². The van der Waals surface area contributed by atoms with Gasteiger partial charge in [-0.1, -0.05) is 62.4 Å². The Hall–Kier alpha value is -3.73. The zero-order valence-electron chi connectivity index (χ0n) is 18.9. The summed E-state index contributed by atoms with van der Waals surface area (Å²) in [5.41, 5.74) is 1.51. The number of carbonyl (C=O) groups is 1. The van der Waals surface area contributed by atoms with Crippen LogP contribution in [-0.2, 0) is 9.53 Å². The number of hydrogen-bond donors (Lipinski definition) is 0. The molecule has 0 aliphatic carbocycles. The summed E-state index contributed by atoms with van der Waals surface area (Å²) in [6, 6.07) is 25.2. The van der Waals surface area contributed by atoms with Crippen LogP contribution >= 0.6 is 0 Å². The predicted octanol–water partition coefficient (Wildman–Crippen LogP) is 7.21. The highest BCUT2D eigenvalue weighted by molar-refractivity contribution is 5.86. The third kappa shape index (κ3) is 5.37. The molecule has 0 spiro atoms. The third-order valence-electron chi connectivity index (χ3n) is 5.54. The van der Waals surface area contributed by atoms with E-state index in [1.807, 2.05) is 44.2 Å². The molecule has 5 heteroatoms. The Kier molecular flexibility index (Phi) is 6.68. The maximum absolute atomic E-state index is 13.2. The number of nitrogens with zero attached hydrogens (tertiary/aromatic N) is 1. The summed E-state index contributed by atoms with van der Waals surface area (Å²) < 4.78 is 24.7. The Labute approximate surface area is 193 Å². The highest BCUT2D eigenvalue weighted by atomic mass is 19.1. The van der Waals surface area contributed by atoms with Crippen molar-refractivity contribution in [3.05, 3.63) is 102 Å². The van der Waals surface area contributed by atoms with Crippen molar-refractivity contribution in [2.75, 3.05) is 0 Å². The number of aromatic nitrogens is 1. The van der Waals surface area contributed by atoms with Crippen molar-refractivity contribution in [3.63, 3.8) is 0 Å². The van der Waals surface area contributed by atoms with Crippen molar-refractivity contribution in [1.29, 1.82) is 0 Å². The van der Waals surface area contributed by atoms with E-state index in [-0.39, 0.29) is 17.7 Å². The first kappa shape index (κ1) is 22.5. The zero-order valence-corrected chi connectivity index (χ0v) is 18.9. The molecule has 168 valence electrons. The van der Waals surface area contributed by atoms with E-state index in [1.165, 1.54) is 24.3 Å². The lowest BCUT2D eigenvalue weighted by atomic mass is 9.87. The lowest BCUT2D eigenvalue weighted by Crippen LogP contribution is -2.22. The minimum Gasteiger partial charge on any atom is -0.456 e. The van der Waals surface area contributed by atoms with Gasteiger partial charge in [0.1, 0.15) is 17.7 Å². The van der Waals surface area contributed by atoms with E-state index in [0.29, 0.717) is 17.3 Å². The van der Waals surface area contributed by atoms with Crippen molar-refractivity contribution in [2.24, 2.45) is 5.92 Å². The maximum Gasteiger partial charge on any atom is 0.314 e. The second-order valence-corrected chi connectivity index (χ2v) is 8.36. The smallest absolute Gasteiger partial charge is 0.314 e. The van der Waals surface area contributed by atoms with E-state index in [2.05, 4.69) is 17.1 Å². The summed E-state index contributed by atoms with van der Waals surface area (Å²) >= 11 is 0. The molecule has 33 heavy (non-hydrogen) atoms. The molecule has 0 aliphatic rings. The van der Waals surface area contributed by atoms with Gasteiger partial charge in [0.15, 0.2) is 0 Å². The Bertz CT molecular complexity index is 1250. The van der Waals surface area contributed by atoms with Crippen LogP contribution in [0.2, 0.25) is 0 Å². The maximum atomic E-state index is 13.2. The van der Waals surface area contributed by atoms with Crippen LogP contribution in [0.1, 0.15) is 44.1 Å². The second kappa shape index (κ2) is 9.82. The predicted molar refractivity (Wildman–Crippen MR) is 127 cm³/mol. The zero-order chi connectivity index (χ0) is 23.4. The number of halogens is 1. The molecule has 4 nitrogen and oxygen atoms in total. The quantitative estimate of drug-likeness (QED) is 0.283. The number of rotatable bonds is 7. The van der Waals surface area contributed by atoms with E-state index < -0.39 is 12.0 Å². The van der Waals surface area contributed by atoms with E-state index in [1.54, 1.807) is 25.1 Å². The summed E-state index contributed by atoms with van der Waals surface area (Å²) in [5.74, 6) is -0.142. The van der Waals surface area contributed by atoms with Crippen LogP contribution in [0.3, 0.4) is 0 Å². The van der Waals surface area contributed by atoms with Crippen molar-refractivity contribution >= 4 is 16.7 Å². The third-order valence-corrected chi connectivity index (χ3v) is 5.54. The molecule has 2 unspecified atom stereocenters. The van der Waals surface area contributed by atoms with Gasteiger partial charge in [0.2, 0.25) is 5.88 Å². The Morgan fingerprint density at radius 3 is 2.30 bits per heavy atom. The number of hydrogen-bond acceptors (Lipinski definition) is 4. The first-order valence-electron chi connectivity index (χ1n) is 11.0. The van der Waals surface area contributed by atoms with Gasteiger partial charge in [0.05, 0.1) is 11.6 Å². The van der Waals surface area contributed by atoms with Crippen molar-refractivity contribution in [3.8, 4) is 11.6 Å². The molecular formula is C28H26FNO3. The molecule has 1 aromatic heterocycles. The summed E-state index contributed by atoms with van der Waals surface area (Å²) in [7, 11) is 0. The van der Waals surface area contributed by atoms with Crippen molar-refractivity contribution in [1.82, 2.24) is 4.98 Å². The molecule has 2 atom stereocenters. The van der Waals surface area contributed by atoms with Crippen LogP contribution < -0.4 is 4.74 Å². The normalized spacial score (nSPS) is 13.0. The fraction of sp³-hybridized carbons (Fsp3) is 0.214. The van der Waals surface area contributed by atoms with Gasteiger partial charge < -0.3 is 9.47 Å². The first-order chi connectivity index (χ1) is 15.9. The average molecular weight is 444 g/mol. The van der Waals surface area contributed by atoms with Crippen LogP contribution in [0.15, 0.2) is 84.9 Å². The highest BCUT2D eigenvalue weighted by Gasteiger charge is 2.28. The number of carbonyl (C=O) groups excluding carboxylic acids is 1. The Morgan fingerprint density at radius 1 is 0.848 bits per heavy atom. The van der Waals surface area contributed by atoms with Gasteiger partial charge in [0.25, 0.3) is 0 Å². The number of pyridine rings is 1. The van der Waals surface area contributed by atoms with Gasteiger partial charge in [-0.05, 0) is 59.5 Å². The molecule has 4 aromatic rings. The SMILES string of the molecule is CC(OC(=O)C(c1ccc2ccccc2c1)C(C)C)c1cccc(Oc2ccc(F)cc2)n1. The van der Waals surface area contributed by atoms with Gasteiger partial charge in [-0.15, -0.1) is 0 Å². The van der Waals surface area contributed by atoms with E-state index in [9.17, 15) is 9.18 Å². The summed E-state index contributed by atoms with van der Waals surface area (Å²) in [6.45, 7) is 5.82. The monoisotopic (exact) mass is 443 g/mol. The molecule has 0 bridgehead atoms. The molecular weight excluding hydrogens is 417 g/mol.